The van der Waals surface area contributed by atoms with Gasteiger partial charge in [0.05, 0.1) is 12.2 Å². The Morgan fingerprint density at radius 1 is 1.38 bits per heavy atom. The highest BCUT2D eigenvalue weighted by atomic mass is 79.9. The molecule has 1 atom stereocenters. The zero-order valence-corrected chi connectivity index (χ0v) is 12.6. The van der Waals surface area contributed by atoms with Gasteiger partial charge in [0.15, 0.2) is 0 Å². The molecule has 1 aliphatic heterocycles. The van der Waals surface area contributed by atoms with Crippen LogP contribution < -0.4 is 0 Å². The minimum atomic E-state index is -4.56. The molecule has 1 aromatic carbocycles. The van der Waals surface area contributed by atoms with Crippen LogP contribution in [-0.4, -0.2) is 25.4 Å². The molecule has 1 aliphatic rings. The summed E-state index contributed by atoms with van der Waals surface area (Å²) in [6, 6.07) is 6.49. The summed E-state index contributed by atoms with van der Waals surface area (Å²) in [4.78, 5) is 11.9. The van der Waals surface area contributed by atoms with E-state index in [9.17, 15) is 18.0 Å². The first-order valence-electron chi connectivity index (χ1n) is 6.21. The first-order valence-corrected chi connectivity index (χ1v) is 7.00. The molecular formula is C14H12BrF3O3. The van der Waals surface area contributed by atoms with E-state index in [2.05, 4.69) is 15.9 Å². The van der Waals surface area contributed by atoms with Crippen molar-refractivity contribution in [3.05, 3.63) is 39.9 Å². The van der Waals surface area contributed by atoms with Gasteiger partial charge in [-0.15, -0.1) is 0 Å². The largest absolute Gasteiger partial charge is 0.491 e. The lowest BCUT2D eigenvalue weighted by molar-refractivity contribution is -0.172. The number of rotatable bonds is 3. The summed E-state index contributed by atoms with van der Waals surface area (Å²) in [6.07, 6.45) is -4.56. The first-order chi connectivity index (χ1) is 9.84. The minimum Gasteiger partial charge on any atom is -0.491 e. The Morgan fingerprint density at radius 2 is 2.00 bits per heavy atom. The smallest absolute Gasteiger partial charge is 0.399 e. The van der Waals surface area contributed by atoms with Gasteiger partial charge in [-0.05, 0) is 19.1 Å². The number of halogens is 4. The van der Waals surface area contributed by atoms with E-state index in [0.717, 1.165) is 4.47 Å². The van der Waals surface area contributed by atoms with Crippen molar-refractivity contribution < 1.29 is 27.4 Å². The summed E-state index contributed by atoms with van der Waals surface area (Å²) < 4.78 is 49.8. The van der Waals surface area contributed by atoms with E-state index in [0.29, 0.717) is 5.56 Å². The summed E-state index contributed by atoms with van der Waals surface area (Å²) >= 11 is 3.24. The van der Waals surface area contributed by atoms with Gasteiger partial charge in [-0.2, -0.15) is 13.2 Å². The minimum absolute atomic E-state index is 0.000524. The summed E-state index contributed by atoms with van der Waals surface area (Å²) in [5.74, 6) is -3.02. The van der Waals surface area contributed by atoms with Crippen LogP contribution in [0.3, 0.4) is 0 Å². The molecule has 1 heterocycles. The van der Waals surface area contributed by atoms with Gasteiger partial charge in [0.2, 0.25) is 0 Å². The first kappa shape index (κ1) is 15.9. The molecule has 0 saturated heterocycles. The van der Waals surface area contributed by atoms with Crippen LogP contribution in [0.1, 0.15) is 12.5 Å². The molecule has 0 saturated carbocycles. The molecular weight excluding hydrogens is 353 g/mol. The molecule has 0 aliphatic carbocycles. The van der Waals surface area contributed by atoms with Crippen molar-refractivity contribution in [2.75, 3.05) is 13.2 Å². The summed E-state index contributed by atoms with van der Waals surface area (Å²) in [7, 11) is 0. The third-order valence-corrected chi connectivity index (χ3v) is 3.51. The number of ether oxygens (including phenoxy) is 2. The lowest BCUT2D eigenvalue weighted by atomic mass is 9.98. The van der Waals surface area contributed by atoms with Gasteiger partial charge in [-0.3, -0.25) is 0 Å². The van der Waals surface area contributed by atoms with Gasteiger partial charge in [-0.25, -0.2) is 4.79 Å². The lowest BCUT2D eigenvalue weighted by Crippen LogP contribution is -2.29. The standard InChI is InChI=1S/C14H12BrF3O3/c1-2-20-13(19)11-10(14(16,17)18)7-21-12(11)8-3-5-9(15)6-4-8/h3-6,10H,2,7H2,1H3. The average molecular weight is 365 g/mol. The Bertz CT molecular complexity index is 564. The van der Waals surface area contributed by atoms with Crippen LogP contribution in [-0.2, 0) is 14.3 Å². The van der Waals surface area contributed by atoms with E-state index in [1.165, 1.54) is 6.92 Å². The maximum absolute atomic E-state index is 13.0. The predicted molar refractivity (Wildman–Crippen MR) is 73.2 cm³/mol. The Hall–Kier alpha value is -1.50. The van der Waals surface area contributed by atoms with E-state index < -0.39 is 30.2 Å². The van der Waals surface area contributed by atoms with Crippen LogP contribution in [0.5, 0.6) is 0 Å². The Morgan fingerprint density at radius 3 is 2.52 bits per heavy atom. The van der Waals surface area contributed by atoms with E-state index in [1.54, 1.807) is 24.3 Å². The zero-order chi connectivity index (χ0) is 15.6. The predicted octanol–water partition coefficient (Wildman–Crippen LogP) is 3.93. The number of hydrogen-bond donors (Lipinski definition) is 0. The van der Waals surface area contributed by atoms with E-state index in [-0.39, 0.29) is 12.4 Å². The van der Waals surface area contributed by atoms with Crippen molar-refractivity contribution in [2.24, 2.45) is 5.92 Å². The van der Waals surface area contributed by atoms with Crippen LogP contribution in [0, 0.1) is 5.92 Å². The molecule has 0 radical (unpaired) electrons. The Labute approximate surface area is 127 Å². The maximum Gasteiger partial charge on any atom is 0.399 e. The van der Waals surface area contributed by atoms with Crippen molar-refractivity contribution >= 4 is 27.7 Å². The van der Waals surface area contributed by atoms with E-state index in [4.69, 9.17) is 9.47 Å². The van der Waals surface area contributed by atoms with E-state index in [1.807, 2.05) is 0 Å². The van der Waals surface area contributed by atoms with Gasteiger partial charge in [0.25, 0.3) is 0 Å². The number of alkyl halides is 3. The number of benzene rings is 1. The molecule has 2 rings (SSSR count). The third-order valence-electron chi connectivity index (χ3n) is 2.98. The van der Waals surface area contributed by atoms with Crippen molar-refractivity contribution in [3.63, 3.8) is 0 Å². The number of carbonyl (C=O) groups excluding carboxylic acids is 1. The molecule has 21 heavy (non-hydrogen) atoms. The summed E-state index contributed by atoms with van der Waals surface area (Å²) in [6.45, 7) is 0.930. The van der Waals surface area contributed by atoms with Crippen molar-refractivity contribution in [2.45, 2.75) is 13.1 Å². The monoisotopic (exact) mass is 364 g/mol. The average Bonchev–Trinajstić information content (AvgIpc) is 2.84. The number of carbonyl (C=O) groups is 1. The quantitative estimate of drug-likeness (QED) is 0.762. The highest BCUT2D eigenvalue weighted by Crippen LogP contribution is 2.42. The molecule has 0 bridgehead atoms. The van der Waals surface area contributed by atoms with E-state index >= 15 is 0 Å². The van der Waals surface area contributed by atoms with Crippen LogP contribution in [0.4, 0.5) is 13.2 Å². The van der Waals surface area contributed by atoms with Crippen LogP contribution in [0.2, 0.25) is 0 Å². The second-order valence-corrected chi connectivity index (χ2v) is 5.29. The van der Waals surface area contributed by atoms with Crippen molar-refractivity contribution in [1.29, 1.82) is 0 Å². The van der Waals surface area contributed by atoms with Crippen LogP contribution in [0.25, 0.3) is 5.76 Å². The van der Waals surface area contributed by atoms with Crippen molar-refractivity contribution in [3.8, 4) is 0 Å². The van der Waals surface area contributed by atoms with Gasteiger partial charge in [0.1, 0.15) is 18.3 Å². The fourth-order valence-electron chi connectivity index (χ4n) is 2.03. The topological polar surface area (TPSA) is 35.5 Å². The molecule has 0 N–H and O–H groups in total. The Kier molecular flexibility index (Phi) is 4.61. The second-order valence-electron chi connectivity index (χ2n) is 4.38. The molecule has 7 heteroatoms. The molecule has 0 fully saturated rings. The normalized spacial score (nSPS) is 18.6. The maximum atomic E-state index is 13.0. The van der Waals surface area contributed by atoms with Gasteiger partial charge >= 0.3 is 12.1 Å². The van der Waals surface area contributed by atoms with Crippen molar-refractivity contribution in [1.82, 2.24) is 0 Å². The number of hydrogen-bond acceptors (Lipinski definition) is 3. The van der Waals surface area contributed by atoms with Gasteiger partial charge in [-0.1, -0.05) is 28.1 Å². The molecule has 1 aromatic rings. The SMILES string of the molecule is CCOC(=O)C1=C(c2ccc(Br)cc2)OCC1C(F)(F)F. The summed E-state index contributed by atoms with van der Waals surface area (Å²) in [5, 5.41) is 0. The second kappa shape index (κ2) is 6.09. The lowest BCUT2D eigenvalue weighted by Gasteiger charge is -2.15. The molecule has 0 aromatic heterocycles. The number of esters is 1. The van der Waals surface area contributed by atoms with Gasteiger partial charge < -0.3 is 9.47 Å². The highest BCUT2D eigenvalue weighted by Gasteiger charge is 2.50. The van der Waals surface area contributed by atoms with Crippen LogP contribution in [0.15, 0.2) is 34.3 Å². The molecule has 1 unspecified atom stereocenters. The van der Waals surface area contributed by atoms with Gasteiger partial charge in [0, 0.05) is 10.0 Å². The molecule has 3 nitrogen and oxygen atoms in total. The Balaban J connectivity index is 2.48. The van der Waals surface area contributed by atoms with Crippen LogP contribution >= 0.6 is 15.9 Å². The fourth-order valence-corrected chi connectivity index (χ4v) is 2.29. The molecule has 0 amide bonds. The summed E-state index contributed by atoms with van der Waals surface area (Å²) in [5.41, 5.74) is -0.0559. The molecule has 114 valence electrons. The highest BCUT2D eigenvalue weighted by molar-refractivity contribution is 9.10. The zero-order valence-electron chi connectivity index (χ0n) is 11.0. The third kappa shape index (κ3) is 3.40. The molecule has 0 spiro atoms. The fraction of sp³-hybridized carbons (Fsp3) is 0.357.